The third kappa shape index (κ3) is 3.14. The zero-order chi connectivity index (χ0) is 15.6. The van der Waals surface area contributed by atoms with Gasteiger partial charge in [0, 0.05) is 0 Å². The lowest BCUT2D eigenvalue weighted by Gasteiger charge is -2.39. The summed E-state index contributed by atoms with van der Waals surface area (Å²) in [7, 11) is 0. The van der Waals surface area contributed by atoms with E-state index in [1.54, 1.807) is 0 Å². The number of nitrogens with zero attached hydrogens (tertiary/aromatic N) is 1. The molecule has 0 amide bonds. The maximum absolute atomic E-state index is 11.6. The first-order valence-electron chi connectivity index (χ1n) is 7.77. The highest BCUT2D eigenvalue weighted by Crippen LogP contribution is 2.38. The second kappa shape index (κ2) is 6.37. The zero-order valence-corrected chi connectivity index (χ0v) is 13.3. The van der Waals surface area contributed by atoms with Crippen LogP contribution in [0.3, 0.4) is 0 Å². The molecule has 1 aromatic carbocycles. The largest absolute Gasteiger partial charge is 0.486 e. The molecule has 0 radical (unpaired) electrons. The number of carboxylic acids is 1. The number of rotatable bonds is 5. The molecule has 1 aliphatic heterocycles. The molecule has 1 aliphatic rings. The summed E-state index contributed by atoms with van der Waals surface area (Å²) in [5.41, 5.74) is 2.12. The summed E-state index contributed by atoms with van der Waals surface area (Å²) in [5, 5.41) is 9.51. The van der Waals surface area contributed by atoms with Crippen LogP contribution in [-0.4, -0.2) is 29.8 Å². The molecule has 2 rings (SSSR count). The number of hydrogen-bond acceptors (Lipinski definition) is 3. The highest BCUT2D eigenvalue weighted by Gasteiger charge is 2.32. The van der Waals surface area contributed by atoms with E-state index in [2.05, 4.69) is 32.9 Å². The minimum Gasteiger partial charge on any atom is -0.486 e. The smallest absolute Gasteiger partial charge is 0.326 e. The quantitative estimate of drug-likeness (QED) is 0.899. The Balaban J connectivity index is 2.45. The average Bonchev–Trinajstić information content (AvgIpc) is 2.46. The minimum atomic E-state index is -0.768. The zero-order valence-electron chi connectivity index (χ0n) is 13.3. The van der Waals surface area contributed by atoms with Crippen molar-refractivity contribution >= 4 is 11.7 Å². The Labute approximate surface area is 126 Å². The summed E-state index contributed by atoms with van der Waals surface area (Å²) < 4.78 is 5.99. The predicted octanol–water partition coefficient (Wildman–Crippen LogP) is 3.65. The highest BCUT2D eigenvalue weighted by atomic mass is 16.5. The summed E-state index contributed by atoms with van der Waals surface area (Å²) in [4.78, 5) is 13.6. The van der Waals surface area contributed by atoms with E-state index in [1.165, 1.54) is 5.56 Å². The molecular weight excluding hydrogens is 266 g/mol. The van der Waals surface area contributed by atoms with Crippen molar-refractivity contribution in [3.63, 3.8) is 0 Å². The Bertz CT molecular complexity index is 513. The third-order valence-electron chi connectivity index (χ3n) is 4.16. The van der Waals surface area contributed by atoms with Gasteiger partial charge in [0.1, 0.15) is 17.9 Å². The van der Waals surface area contributed by atoms with Crippen LogP contribution in [0.15, 0.2) is 18.2 Å². The molecule has 0 aromatic heterocycles. The number of fused-ring (bicyclic) bond motifs is 1. The number of hydrogen-bond donors (Lipinski definition) is 1. The van der Waals surface area contributed by atoms with Gasteiger partial charge in [0.15, 0.2) is 0 Å². The molecule has 0 spiro atoms. The summed E-state index contributed by atoms with van der Waals surface area (Å²) in [6.45, 7) is 8.90. The lowest BCUT2D eigenvalue weighted by Crippen LogP contribution is -2.48. The van der Waals surface area contributed by atoms with Gasteiger partial charge < -0.3 is 14.7 Å². The molecule has 2 unspecified atom stereocenters. The van der Waals surface area contributed by atoms with E-state index in [-0.39, 0.29) is 6.10 Å². The first-order chi connectivity index (χ1) is 9.97. The Kier molecular flexibility index (Phi) is 4.76. The van der Waals surface area contributed by atoms with Crippen LogP contribution in [0, 0.1) is 0 Å². The molecule has 4 nitrogen and oxygen atoms in total. The highest BCUT2D eigenvalue weighted by molar-refractivity contribution is 5.80. The second-order valence-electron chi connectivity index (χ2n) is 5.94. The normalized spacial score (nSPS) is 19.1. The van der Waals surface area contributed by atoms with Gasteiger partial charge in [-0.15, -0.1) is 0 Å². The van der Waals surface area contributed by atoms with Crippen molar-refractivity contribution < 1.29 is 14.6 Å². The Morgan fingerprint density at radius 3 is 2.67 bits per heavy atom. The van der Waals surface area contributed by atoms with Crippen LogP contribution in [0.4, 0.5) is 5.69 Å². The number of carbonyl (C=O) groups is 1. The van der Waals surface area contributed by atoms with Gasteiger partial charge >= 0.3 is 5.97 Å². The van der Waals surface area contributed by atoms with Crippen LogP contribution >= 0.6 is 0 Å². The molecule has 1 N–H and O–H groups in total. The standard InChI is InChI=1S/C17H25NO3/c1-5-13-10-18(14(6-2)17(19)20)15-9-12(11(3)4)7-8-16(15)21-13/h7-9,11,13-14H,5-6,10H2,1-4H3,(H,19,20). The molecule has 0 saturated carbocycles. The van der Waals surface area contributed by atoms with Crippen LogP contribution in [0.25, 0.3) is 0 Å². The van der Waals surface area contributed by atoms with E-state index in [4.69, 9.17) is 4.74 Å². The molecule has 4 heteroatoms. The molecule has 116 valence electrons. The predicted molar refractivity (Wildman–Crippen MR) is 84.3 cm³/mol. The van der Waals surface area contributed by atoms with Gasteiger partial charge in [-0.2, -0.15) is 0 Å². The SMILES string of the molecule is CCC1CN(C(CC)C(=O)O)c2cc(C(C)C)ccc2O1. The van der Waals surface area contributed by atoms with Crippen molar-refractivity contribution in [1.82, 2.24) is 0 Å². The molecule has 1 aromatic rings. The van der Waals surface area contributed by atoms with Crippen LogP contribution in [0.1, 0.15) is 52.0 Å². The summed E-state index contributed by atoms with van der Waals surface area (Å²) in [6, 6.07) is 5.64. The number of carboxylic acid groups (broad SMARTS) is 1. The fourth-order valence-electron chi connectivity index (χ4n) is 2.79. The molecule has 0 bridgehead atoms. The topological polar surface area (TPSA) is 49.8 Å². The van der Waals surface area contributed by atoms with E-state index in [9.17, 15) is 9.90 Å². The molecule has 0 aliphatic carbocycles. The van der Waals surface area contributed by atoms with Gasteiger partial charge in [0.2, 0.25) is 0 Å². The molecule has 0 saturated heterocycles. The number of ether oxygens (including phenoxy) is 1. The lowest BCUT2D eigenvalue weighted by atomic mass is 9.99. The van der Waals surface area contributed by atoms with Gasteiger partial charge in [-0.3, -0.25) is 0 Å². The summed E-state index contributed by atoms with van der Waals surface area (Å²) in [5.74, 6) is 0.443. The van der Waals surface area contributed by atoms with Crippen LogP contribution in [0.2, 0.25) is 0 Å². The summed E-state index contributed by atoms with van der Waals surface area (Å²) in [6.07, 6.45) is 1.51. The molecular formula is C17H25NO3. The maximum atomic E-state index is 11.6. The first-order valence-corrected chi connectivity index (χ1v) is 7.77. The number of aliphatic carboxylic acids is 1. The molecule has 1 heterocycles. The fraction of sp³-hybridized carbons (Fsp3) is 0.588. The molecule has 0 fully saturated rings. The first kappa shape index (κ1) is 15.7. The van der Waals surface area contributed by atoms with E-state index < -0.39 is 12.0 Å². The van der Waals surface area contributed by atoms with E-state index >= 15 is 0 Å². The van der Waals surface area contributed by atoms with Crippen molar-refractivity contribution in [3.8, 4) is 5.75 Å². The lowest BCUT2D eigenvalue weighted by molar-refractivity contribution is -0.138. The Hall–Kier alpha value is -1.71. The van der Waals surface area contributed by atoms with Crippen LogP contribution < -0.4 is 9.64 Å². The van der Waals surface area contributed by atoms with Crippen molar-refractivity contribution in [2.45, 2.75) is 58.6 Å². The maximum Gasteiger partial charge on any atom is 0.326 e. The number of anilines is 1. The third-order valence-corrected chi connectivity index (χ3v) is 4.16. The van der Waals surface area contributed by atoms with Gasteiger partial charge in [-0.25, -0.2) is 4.79 Å². The average molecular weight is 291 g/mol. The van der Waals surface area contributed by atoms with Crippen molar-refractivity contribution in [2.75, 3.05) is 11.4 Å². The van der Waals surface area contributed by atoms with Gasteiger partial charge in [-0.05, 0) is 36.5 Å². The monoisotopic (exact) mass is 291 g/mol. The van der Waals surface area contributed by atoms with Crippen molar-refractivity contribution in [1.29, 1.82) is 0 Å². The van der Waals surface area contributed by atoms with Crippen LogP contribution in [0.5, 0.6) is 5.75 Å². The van der Waals surface area contributed by atoms with Gasteiger partial charge in [0.05, 0.1) is 12.2 Å². The molecule has 2 atom stereocenters. The minimum absolute atomic E-state index is 0.0517. The van der Waals surface area contributed by atoms with Crippen LogP contribution in [-0.2, 0) is 4.79 Å². The Morgan fingerprint density at radius 1 is 1.43 bits per heavy atom. The van der Waals surface area contributed by atoms with Crippen molar-refractivity contribution in [2.24, 2.45) is 0 Å². The van der Waals surface area contributed by atoms with E-state index in [0.717, 1.165) is 17.9 Å². The molecule has 21 heavy (non-hydrogen) atoms. The Morgan fingerprint density at radius 2 is 2.14 bits per heavy atom. The summed E-state index contributed by atoms with van der Waals surface area (Å²) >= 11 is 0. The van der Waals surface area contributed by atoms with Gasteiger partial charge in [0.25, 0.3) is 0 Å². The van der Waals surface area contributed by atoms with E-state index in [0.29, 0.717) is 18.9 Å². The number of benzene rings is 1. The van der Waals surface area contributed by atoms with Gasteiger partial charge in [-0.1, -0.05) is 33.8 Å². The van der Waals surface area contributed by atoms with E-state index in [1.807, 2.05) is 17.9 Å². The van der Waals surface area contributed by atoms with Crippen molar-refractivity contribution in [3.05, 3.63) is 23.8 Å². The fourth-order valence-corrected chi connectivity index (χ4v) is 2.79. The second-order valence-corrected chi connectivity index (χ2v) is 5.94.